The van der Waals surface area contributed by atoms with Crippen LogP contribution in [0.25, 0.3) is 0 Å². The minimum absolute atomic E-state index is 0.146. The Balaban J connectivity index is 3.33. The normalized spacial score (nSPS) is 13.1. The van der Waals surface area contributed by atoms with E-state index in [1.807, 2.05) is 46.8 Å². The molecule has 0 aliphatic carbocycles. The van der Waals surface area contributed by atoms with E-state index in [1.54, 1.807) is 12.1 Å². The summed E-state index contributed by atoms with van der Waals surface area (Å²) in [6.07, 6.45) is 0. The summed E-state index contributed by atoms with van der Waals surface area (Å²) in [6.45, 7) is 9.97. The molecule has 0 radical (unpaired) electrons. The first-order valence-corrected chi connectivity index (χ1v) is 7.62. The molecule has 0 aliphatic rings. The lowest BCUT2D eigenvalue weighted by Crippen LogP contribution is -2.20. The van der Waals surface area contributed by atoms with Gasteiger partial charge in [-0.3, -0.25) is 0 Å². The molecule has 0 N–H and O–H groups in total. The first kappa shape index (κ1) is 14.2. The van der Waals surface area contributed by atoms with Crippen molar-refractivity contribution in [3.63, 3.8) is 0 Å². The van der Waals surface area contributed by atoms with Crippen molar-refractivity contribution in [3.8, 4) is 0 Å². The topological polar surface area (TPSA) is 34.1 Å². The summed E-state index contributed by atoms with van der Waals surface area (Å²) in [6, 6.07) is 7.32. The summed E-state index contributed by atoms with van der Waals surface area (Å²) in [5.74, 6) is 0.355. The van der Waals surface area contributed by atoms with Crippen molar-refractivity contribution in [2.75, 3.05) is 5.75 Å². The van der Waals surface area contributed by atoms with Gasteiger partial charge in [0.15, 0.2) is 9.84 Å². The van der Waals surface area contributed by atoms with Gasteiger partial charge in [0.25, 0.3) is 0 Å². The van der Waals surface area contributed by atoms with Gasteiger partial charge in [0.2, 0.25) is 0 Å². The van der Waals surface area contributed by atoms with E-state index in [-0.39, 0.29) is 17.1 Å². The van der Waals surface area contributed by atoms with Crippen molar-refractivity contribution in [3.05, 3.63) is 29.8 Å². The standard InChI is InChI=1S/C14H22O2S/c1-11(2)10-17(15,16)13-9-7-6-8-12(13)14(3,4)5/h6-9,11H,10H2,1-5H3. The maximum absolute atomic E-state index is 12.3. The monoisotopic (exact) mass is 254 g/mol. The quantitative estimate of drug-likeness (QED) is 0.828. The lowest BCUT2D eigenvalue weighted by atomic mass is 9.87. The Morgan fingerprint density at radius 2 is 1.65 bits per heavy atom. The molecular formula is C14H22O2S. The van der Waals surface area contributed by atoms with E-state index >= 15 is 0 Å². The van der Waals surface area contributed by atoms with Crippen molar-refractivity contribution < 1.29 is 8.42 Å². The van der Waals surface area contributed by atoms with Crippen molar-refractivity contribution >= 4 is 9.84 Å². The zero-order valence-corrected chi connectivity index (χ0v) is 12.1. The summed E-state index contributed by atoms with van der Waals surface area (Å²) in [5.41, 5.74) is 0.751. The SMILES string of the molecule is CC(C)CS(=O)(=O)c1ccccc1C(C)(C)C. The van der Waals surface area contributed by atoms with Gasteiger partial charge in [-0.05, 0) is 23.0 Å². The molecule has 0 amide bonds. The van der Waals surface area contributed by atoms with Crippen LogP contribution in [-0.4, -0.2) is 14.2 Å². The van der Waals surface area contributed by atoms with Gasteiger partial charge in [0.1, 0.15) is 0 Å². The molecule has 96 valence electrons. The Bertz CT molecular complexity index is 479. The highest BCUT2D eigenvalue weighted by atomic mass is 32.2. The van der Waals surface area contributed by atoms with E-state index < -0.39 is 9.84 Å². The van der Waals surface area contributed by atoms with Gasteiger partial charge in [-0.2, -0.15) is 0 Å². The Labute approximate surface area is 105 Å². The third kappa shape index (κ3) is 3.56. The summed E-state index contributed by atoms with van der Waals surface area (Å²) >= 11 is 0. The lowest BCUT2D eigenvalue weighted by Gasteiger charge is -2.23. The van der Waals surface area contributed by atoms with Crippen LogP contribution in [-0.2, 0) is 15.3 Å². The number of benzene rings is 1. The highest BCUT2D eigenvalue weighted by Gasteiger charge is 2.25. The van der Waals surface area contributed by atoms with Gasteiger partial charge < -0.3 is 0 Å². The number of sulfone groups is 1. The molecule has 2 nitrogen and oxygen atoms in total. The molecule has 0 saturated heterocycles. The smallest absolute Gasteiger partial charge is 0.178 e. The van der Waals surface area contributed by atoms with Crippen LogP contribution >= 0.6 is 0 Å². The molecule has 0 spiro atoms. The molecule has 0 bridgehead atoms. The maximum Gasteiger partial charge on any atom is 0.178 e. The minimum Gasteiger partial charge on any atom is -0.224 e. The number of hydrogen-bond donors (Lipinski definition) is 0. The van der Waals surface area contributed by atoms with Crippen LogP contribution in [0.15, 0.2) is 29.2 Å². The zero-order valence-electron chi connectivity index (χ0n) is 11.3. The fourth-order valence-electron chi connectivity index (χ4n) is 1.89. The predicted molar refractivity (Wildman–Crippen MR) is 72.0 cm³/mol. The van der Waals surface area contributed by atoms with Crippen LogP contribution in [0.1, 0.15) is 40.2 Å². The molecule has 0 heterocycles. The molecule has 0 atom stereocenters. The fraction of sp³-hybridized carbons (Fsp3) is 0.571. The second-order valence-corrected chi connectivity index (χ2v) is 7.92. The van der Waals surface area contributed by atoms with Crippen LogP contribution in [0, 0.1) is 5.92 Å². The number of hydrogen-bond acceptors (Lipinski definition) is 2. The maximum atomic E-state index is 12.3. The third-order valence-electron chi connectivity index (χ3n) is 2.58. The predicted octanol–water partition coefficient (Wildman–Crippen LogP) is 3.41. The highest BCUT2D eigenvalue weighted by molar-refractivity contribution is 7.91. The Hall–Kier alpha value is -0.830. The molecule has 1 aromatic rings. The van der Waals surface area contributed by atoms with Gasteiger partial charge in [0, 0.05) is 0 Å². The van der Waals surface area contributed by atoms with Gasteiger partial charge in [-0.1, -0.05) is 52.8 Å². The average molecular weight is 254 g/mol. The molecule has 1 aromatic carbocycles. The largest absolute Gasteiger partial charge is 0.224 e. The minimum atomic E-state index is -3.17. The second kappa shape index (κ2) is 4.81. The lowest BCUT2D eigenvalue weighted by molar-refractivity contribution is 0.556. The van der Waals surface area contributed by atoms with Crippen LogP contribution in [0.2, 0.25) is 0 Å². The van der Waals surface area contributed by atoms with Gasteiger partial charge in [0.05, 0.1) is 10.6 Å². The first-order valence-electron chi connectivity index (χ1n) is 5.97. The molecule has 0 fully saturated rings. The Morgan fingerprint density at radius 1 is 1.12 bits per heavy atom. The van der Waals surface area contributed by atoms with E-state index in [2.05, 4.69) is 0 Å². The van der Waals surface area contributed by atoms with Gasteiger partial charge in [-0.25, -0.2) is 8.42 Å². The van der Waals surface area contributed by atoms with Crippen molar-refractivity contribution in [1.29, 1.82) is 0 Å². The van der Waals surface area contributed by atoms with Crippen LogP contribution in [0.5, 0.6) is 0 Å². The highest BCUT2D eigenvalue weighted by Crippen LogP contribution is 2.29. The van der Waals surface area contributed by atoms with Crippen LogP contribution in [0.4, 0.5) is 0 Å². The van der Waals surface area contributed by atoms with E-state index in [4.69, 9.17) is 0 Å². The molecule has 0 unspecified atom stereocenters. The van der Waals surface area contributed by atoms with Crippen molar-refractivity contribution in [2.45, 2.75) is 44.9 Å². The third-order valence-corrected chi connectivity index (χ3v) is 4.71. The first-order chi connectivity index (χ1) is 7.64. The van der Waals surface area contributed by atoms with E-state index in [1.165, 1.54) is 0 Å². The molecule has 0 aliphatic heterocycles. The molecule has 17 heavy (non-hydrogen) atoms. The summed E-state index contributed by atoms with van der Waals surface area (Å²) in [7, 11) is -3.17. The average Bonchev–Trinajstić information content (AvgIpc) is 2.14. The van der Waals surface area contributed by atoms with Crippen molar-refractivity contribution in [2.24, 2.45) is 5.92 Å². The summed E-state index contributed by atoms with van der Waals surface area (Å²) in [5, 5.41) is 0. The molecule has 0 saturated carbocycles. The summed E-state index contributed by atoms with van der Waals surface area (Å²) < 4.78 is 24.6. The second-order valence-electron chi connectivity index (χ2n) is 5.92. The fourth-order valence-corrected chi connectivity index (χ4v) is 3.94. The molecule has 3 heteroatoms. The van der Waals surface area contributed by atoms with Crippen LogP contribution < -0.4 is 0 Å². The Morgan fingerprint density at radius 3 is 2.12 bits per heavy atom. The van der Waals surface area contributed by atoms with Gasteiger partial charge in [-0.15, -0.1) is 0 Å². The zero-order chi connectivity index (χ0) is 13.3. The van der Waals surface area contributed by atoms with E-state index in [0.717, 1.165) is 5.56 Å². The molecule has 1 rings (SSSR count). The summed E-state index contributed by atoms with van der Waals surface area (Å²) in [4.78, 5) is 0.487. The molecular weight excluding hydrogens is 232 g/mol. The molecule has 0 aromatic heterocycles. The van der Waals surface area contributed by atoms with E-state index in [9.17, 15) is 8.42 Å². The van der Waals surface area contributed by atoms with Crippen LogP contribution in [0.3, 0.4) is 0 Å². The van der Waals surface area contributed by atoms with Crippen molar-refractivity contribution in [1.82, 2.24) is 0 Å². The van der Waals surface area contributed by atoms with Gasteiger partial charge >= 0.3 is 0 Å². The van der Waals surface area contributed by atoms with E-state index in [0.29, 0.717) is 4.90 Å². The Kier molecular flexibility index (Phi) is 4.03. The number of rotatable bonds is 3.